The van der Waals surface area contributed by atoms with Crippen LogP contribution < -0.4 is 5.32 Å². The molecule has 3 aliphatic heterocycles. The monoisotopic (exact) mass is 652 g/mol. The van der Waals surface area contributed by atoms with Gasteiger partial charge in [0.1, 0.15) is 0 Å². The van der Waals surface area contributed by atoms with E-state index in [1.54, 1.807) is 6.20 Å². The third kappa shape index (κ3) is 7.71. The van der Waals surface area contributed by atoms with E-state index in [1.165, 1.54) is 5.56 Å². The van der Waals surface area contributed by atoms with E-state index < -0.39 is 5.54 Å². The van der Waals surface area contributed by atoms with Crippen LogP contribution in [0, 0.1) is 0 Å². The fraction of sp³-hybridized carbons (Fsp3) is 0.474. The van der Waals surface area contributed by atoms with E-state index in [0.29, 0.717) is 39.3 Å². The Morgan fingerprint density at radius 3 is 2.12 bits per heavy atom. The van der Waals surface area contributed by atoms with Crippen molar-refractivity contribution in [3.05, 3.63) is 102 Å². The number of piperidine rings is 1. The molecular weight excluding hydrogens is 604 g/mol. The van der Waals surface area contributed by atoms with Crippen molar-refractivity contribution >= 4 is 17.9 Å². The molecule has 0 aliphatic carbocycles. The number of hydrogen-bond donors (Lipinski definition) is 1. The molecule has 3 fully saturated rings. The highest BCUT2D eigenvalue weighted by atomic mass is 16.5. The minimum Gasteiger partial charge on any atom is -0.465 e. The van der Waals surface area contributed by atoms with Crippen LogP contribution in [0.15, 0.2) is 85.1 Å². The number of rotatable bonds is 10. The summed E-state index contributed by atoms with van der Waals surface area (Å²) in [5.74, 6) is -0.125. The topological polar surface area (TPSA) is 98.3 Å². The second-order valence-electron chi connectivity index (χ2n) is 13.4. The minimum atomic E-state index is -0.555. The third-order valence-corrected chi connectivity index (χ3v) is 10.5. The number of benzene rings is 2. The highest BCUT2D eigenvalue weighted by Crippen LogP contribution is 2.39. The lowest BCUT2D eigenvalue weighted by molar-refractivity contribution is -0.144. The number of ether oxygens (including phenoxy) is 1. The summed E-state index contributed by atoms with van der Waals surface area (Å²) >= 11 is 0. The molecule has 0 radical (unpaired) electrons. The molecule has 4 heterocycles. The van der Waals surface area contributed by atoms with Crippen LogP contribution in [-0.2, 0) is 20.5 Å². The molecule has 1 aromatic heterocycles. The molecule has 1 N–H and O–H groups in total. The summed E-state index contributed by atoms with van der Waals surface area (Å²) in [6.07, 6.45) is 5.21. The zero-order valence-corrected chi connectivity index (χ0v) is 28.1. The quantitative estimate of drug-likeness (QED) is 0.329. The van der Waals surface area contributed by atoms with Gasteiger partial charge in [0.05, 0.1) is 24.4 Å². The number of pyridine rings is 1. The molecule has 1 unspecified atom stereocenters. The first-order valence-corrected chi connectivity index (χ1v) is 17.4. The average molecular weight is 653 g/mol. The minimum absolute atomic E-state index is 0.0814. The van der Waals surface area contributed by atoms with Gasteiger partial charge in [0.15, 0.2) is 0 Å². The van der Waals surface area contributed by atoms with Gasteiger partial charge in [-0.3, -0.25) is 19.5 Å². The Labute approximate surface area is 284 Å². The summed E-state index contributed by atoms with van der Waals surface area (Å²) in [5, 5.41) is 3.42. The lowest BCUT2D eigenvalue weighted by atomic mass is 9.76. The Kier molecular flexibility index (Phi) is 10.7. The van der Waals surface area contributed by atoms with Crippen molar-refractivity contribution in [2.24, 2.45) is 0 Å². The van der Waals surface area contributed by atoms with Crippen molar-refractivity contribution in [2.75, 3.05) is 72.1 Å². The number of likely N-dealkylation sites (tertiary alicyclic amines) is 2. The van der Waals surface area contributed by atoms with E-state index in [9.17, 15) is 14.4 Å². The first-order chi connectivity index (χ1) is 23.4. The Hall–Kier alpha value is -4.28. The Balaban J connectivity index is 1.09. The van der Waals surface area contributed by atoms with Gasteiger partial charge in [0.2, 0.25) is 0 Å². The summed E-state index contributed by atoms with van der Waals surface area (Å²) in [4.78, 5) is 52.2. The maximum atomic E-state index is 13.7. The molecule has 10 heteroatoms. The van der Waals surface area contributed by atoms with Crippen LogP contribution in [0.2, 0.25) is 0 Å². The van der Waals surface area contributed by atoms with Crippen LogP contribution >= 0.6 is 0 Å². The molecule has 3 aromatic rings. The second-order valence-corrected chi connectivity index (χ2v) is 13.4. The summed E-state index contributed by atoms with van der Waals surface area (Å²) in [5.41, 5.74) is 2.27. The van der Waals surface area contributed by atoms with Gasteiger partial charge in [-0.15, -0.1) is 0 Å². The molecule has 3 aliphatic rings. The molecule has 3 amide bonds. The number of hydrogen-bond acceptors (Lipinski definition) is 7. The molecule has 0 saturated carbocycles. The van der Waals surface area contributed by atoms with Gasteiger partial charge in [0, 0.05) is 69.5 Å². The SMILES string of the molecule is CCOC(=O)CN1CCN(C(=O)NC2(c3ccccn3)CCN(CCC3(c4ccccc4)CCN(C(=O)c4ccccc4)C3)CC2)CC1. The summed E-state index contributed by atoms with van der Waals surface area (Å²) < 4.78 is 5.10. The number of nitrogens with one attached hydrogen (secondary N) is 1. The first kappa shape index (κ1) is 33.6. The largest absolute Gasteiger partial charge is 0.465 e. The number of carbonyl (C=O) groups excluding carboxylic acids is 3. The zero-order valence-electron chi connectivity index (χ0n) is 28.1. The molecule has 0 bridgehead atoms. The number of carbonyl (C=O) groups is 3. The molecule has 254 valence electrons. The second kappa shape index (κ2) is 15.3. The number of nitrogens with zero attached hydrogens (tertiary/aromatic N) is 5. The predicted molar refractivity (Wildman–Crippen MR) is 184 cm³/mol. The van der Waals surface area contributed by atoms with Gasteiger partial charge in [-0.25, -0.2) is 4.79 Å². The Morgan fingerprint density at radius 2 is 1.46 bits per heavy atom. The average Bonchev–Trinajstić information content (AvgIpc) is 3.58. The van der Waals surface area contributed by atoms with Crippen LogP contribution in [0.1, 0.15) is 54.2 Å². The smallest absolute Gasteiger partial charge is 0.320 e. The van der Waals surface area contributed by atoms with Gasteiger partial charge in [0.25, 0.3) is 5.91 Å². The normalized spacial score (nSPS) is 21.5. The number of urea groups is 1. The third-order valence-electron chi connectivity index (χ3n) is 10.5. The van der Waals surface area contributed by atoms with E-state index in [4.69, 9.17) is 9.72 Å². The number of esters is 1. The van der Waals surface area contributed by atoms with Gasteiger partial charge in [-0.2, -0.15) is 0 Å². The van der Waals surface area contributed by atoms with Crippen molar-refractivity contribution in [3.63, 3.8) is 0 Å². The fourth-order valence-electron chi connectivity index (χ4n) is 7.59. The predicted octanol–water partition coefficient (Wildman–Crippen LogP) is 4.14. The van der Waals surface area contributed by atoms with Crippen molar-refractivity contribution in [1.82, 2.24) is 29.9 Å². The molecule has 3 saturated heterocycles. The van der Waals surface area contributed by atoms with Crippen molar-refractivity contribution in [1.29, 1.82) is 0 Å². The summed E-state index contributed by atoms with van der Waals surface area (Å²) in [6, 6.07) is 26.1. The van der Waals surface area contributed by atoms with E-state index in [-0.39, 0.29) is 29.9 Å². The molecule has 2 aromatic carbocycles. The number of amides is 3. The number of piperazine rings is 1. The van der Waals surface area contributed by atoms with Crippen molar-refractivity contribution in [2.45, 2.75) is 43.6 Å². The summed E-state index contributed by atoms with van der Waals surface area (Å²) in [7, 11) is 0. The van der Waals surface area contributed by atoms with Gasteiger partial charge in [-0.05, 0) is 69.0 Å². The van der Waals surface area contributed by atoms with E-state index in [2.05, 4.69) is 40.5 Å². The van der Waals surface area contributed by atoms with Crippen LogP contribution in [0.3, 0.4) is 0 Å². The van der Waals surface area contributed by atoms with Gasteiger partial charge < -0.3 is 24.8 Å². The molecular formula is C38H48N6O4. The van der Waals surface area contributed by atoms with Crippen LogP contribution in [0.4, 0.5) is 4.79 Å². The molecule has 6 rings (SSSR count). The molecule has 0 spiro atoms. The van der Waals surface area contributed by atoms with Gasteiger partial charge in [-0.1, -0.05) is 54.6 Å². The molecule has 1 atom stereocenters. The summed E-state index contributed by atoms with van der Waals surface area (Å²) in [6.45, 7) is 8.85. The highest BCUT2D eigenvalue weighted by Gasteiger charge is 2.43. The van der Waals surface area contributed by atoms with Crippen LogP contribution in [0.5, 0.6) is 0 Å². The van der Waals surface area contributed by atoms with Gasteiger partial charge >= 0.3 is 12.0 Å². The standard InChI is InChI=1S/C38H48N6O4/c1-2-48-34(45)29-42-25-27-43(28-26-42)36(47)40-38(33-15-9-10-20-39-33)18-22-41(23-19-38)21-16-37(32-13-7-4-8-14-32)17-24-44(30-37)35(46)31-11-5-3-6-12-31/h3-15,20H,2,16-19,21-30H2,1H3,(H,40,47). The lowest BCUT2D eigenvalue weighted by Crippen LogP contribution is -2.59. The highest BCUT2D eigenvalue weighted by molar-refractivity contribution is 5.94. The molecule has 10 nitrogen and oxygen atoms in total. The van der Waals surface area contributed by atoms with Crippen molar-refractivity contribution in [3.8, 4) is 0 Å². The molecule has 48 heavy (non-hydrogen) atoms. The lowest BCUT2D eigenvalue weighted by Gasteiger charge is -2.44. The van der Waals surface area contributed by atoms with Crippen LogP contribution in [0.25, 0.3) is 0 Å². The van der Waals surface area contributed by atoms with E-state index >= 15 is 0 Å². The maximum absolute atomic E-state index is 13.7. The first-order valence-electron chi connectivity index (χ1n) is 17.4. The van der Waals surface area contributed by atoms with E-state index in [0.717, 1.165) is 63.1 Å². The van der Waals surface area contributed by atoms with E-state index in [1.807, 2.05) is 70.2 Å². The maximum Gasteiger partial charge on any atom is 0.320 e. The zero-order chi connectivity index (χ0) is 33.4. The fourth-order valence-corrected chi connectivity index (χ4v) is 7.59. The Bertz CT molecular complexity index is 1510. The number of aromatic nitrogens is 1. The van der Waals surface area contributed by atoms with Crippen LogP contribution in [-0.4, -0.2) is 115 Å². The Morgan fingerprint density at radius 1 is 0.771 bits per heavy atom. The van der Waals surface area contributed by atoms with Crippen molar-refractivity contribution < 1.29 is 19.1 Å².